The first-order chi connectivity index (χ1) is 11.1. The van der Waals surface area contributed by atoms with Gasteiger partial charge in [-0.15, -0.1) is 0 Å². The summed E-state index contributed by atoms with van der Waals surface area (Å²) in [5, 5.41) is 12.2. The lowest BCUT2D eigenvalue weighted by atomic mass is 10.1. The molecule has 1 heterocycles. The average Bonchev–Trinajstić information content (AvgIpc) is 2.58. The molecule has 7 heteroatoms. The zero-order valence-electron chi connectivity index (χ0n) is 13.3. The Morgan fingerprint density at radius 2 is 1.91 bits per heavy atom. The Morgan fingerprint density at radius 3 is 2.57 bits per heavy atom. The molecule has 1 aromatic rings. The van der Waals surface area contributed by atoms with Crippen molar-refractivity contribution >= 4 is 11.9 Å². The molecule has 0 aromatic heterocycles. The standard InChI is InChI=1S/C16H23N3O4/c1-2-23-11-6-17-16(22)19-9-7-18(8-10-19)15(21)13-4-3-5-14(20)12-13/h3-5,12,20H,2,6-11H2,1H3,(H,17,22). The second-order valence-electron chi connectivity index (χ2n) is 5.26. The summed E-state index contributed by atoms with van der Waals surface area (Å²) in [6, 6.07) is 6.17. The third kappa shape index (κ3) is 4.85. The lowest BCUT2D eigenvalue weighted by molar-refractivity contribution is 0.0663. The normalized spacial score (nSPS) is 14.7. The number of nitrogens with one attached hydrogen (secondary N) is 1. The summed E-state index contributed by atoms with van der Waals surface area (Å²) in [7, 11) is 0. The van der Waals surface area contributed by atoms with Crippen LogP contribution in [0.25, 0.3) is 0 Å². The molecule has 2 N–H and O–H groups in total. The SMILES string of the molecule is CCOCCNC(=O)N1CCN(C(=O)c2cccc(O)c2)CC1. The van der Waals surface area contributed by atoms with E-state index in [0.29, 0.717) is 51.5 Å². The van der Waals surface area contributed by atoms with Crippen molar-refractivity contribution in [2.45, 2.75) is 6.92 Å². The molecule has 1 saturated heterocycles. The molecule has 0 aliphatic carbocycles. The topological polar surface area (TPSA) is 82.1 Å². The third-order valence-corrected chi connectivity index (χ3v) is 3.67. The van der Waals surface area contributed by atoms with Crippen LogP contribution in [0.1, 0.15) is 17.3 Å². The lowest BCUT2D eigenvalue weighted by Gasteiger charge is -2.34. The summed E-state index contributed by atoms with van der Waals surface area (Å²) in [5.74, 6) is -0.0551. The molecular weight excluding hydrogens is 298 g/mol. The summed E-state index contributed by atoms with van der Waals surface area (Å²) in [6.07, 6.45) is 0. The van der Waals surface area contributed by atoms with Crippen molar-refractivity contribution < 1.29 is 19.4 Å². The van der Waals surface area contributed by atoms with Gasteiger partial charge in [0, 0.05) is 44.9 Å². The predicted molar refractivity (Wildman–Crippen MR) is 85.5 cm³/mol. The van der Waals surface area contributed by atoms with Crippen molar-refractivity contribution in [3.05, 3.63) is 29.8 Å². The Kier molecular flexibility index (Phi) is 6.22. The Balaban J connectivity index is 1.79. The van der Waals surface area contributed by atoms with Crippen LogP contribution in [-0.2, 0) is 4.74 Å². The van der Waals surface area contributed by atoms with Gasteiger partial charge in [-0.3, -0.25) is 4.79 Å². The van der Waals surface area contributed by atoms with Crippen molar-refractivity contribution in [1.82, 2.24) is 15.1 Å². The molecule has 0 saturated carbocycles. The van der Waals surface area contributed by atoms with Gasteiger partial charge in [0.25, 0.3) is 5.91 Å². The van der Waals surface area contributed by atoms with Crippen LogP contribution < -0.4 is 5.32 Å². The molecule has 0 radical (unpaired) electrons. The van der Waals surface area contributed by atoms with Gasteiger partial charge in [-0.05, 0) is 25.1 Å². The summed E-state index contributed by atoms with van der Waals surface area (Å²) in [4.78, 5) is 27.7. The van der Waals surface area contributed by atoms with Crippen LogP contribution in [0.4, 0.5) is 4.79 Å². The summed E-state index contributed by atoms with van der Waals surface area (Å²) in [6.45, 7) is 5.46. The van der Waals surface area contributed by atoms with E-state index in [2.05, 4.69) is 5.32 Å². The molecule has 1 aliphatic rings. The molecule has 126 valence electrons. The smallest absolute Gasteiger partial charge is 0.317 e. The van der Waals surface area contributed by atoms with Gasteiger partial charge in [0.15, 0.2) is 0 Å². The molecule has 0 unspecified atom stereocenters. The second kappa shape index (κ2) is 8.38. The number of urea groups is 1. The zero-order valence-corrected chi connectivity index (χ0v) is 13.3. The highest BCUT2D eigenvalue weighted by Crippen LogP contribution is 2.14. The van der Waals surface area contributed by atoms with Gasteiger partial charge >= 0.3 is 6.03 Å². The van der Waals surface area contributed by atoms with Crippen molar-refractivity contribution in [3.8, 4) is 5.75 Å². The largest absolute Gasteiger partial charge is 0.508 e. The van der Waals surface area contributed by atoms with E-state index >= 15 is 0 Å². The van der Waals surface area contributed by atoms with E-state index in [0.717, 1.165) is 0 Å². The monoisotopic (exact) mass is 321 g/mol. The maximum absolute atomic E-state index is 12.4. The number of amides is 3. The van der Waals surface area contributed by atoms with Crippen LogP contribution in [0.5, 0.6) is 5.75 Å². The highest BCUT2D eigenvalue weighted by atomic mass is 16.5. The number of aromatic hydroxyl groups is 1. The Labute approximate surface area is 135 Å². The number of hydrogen-bond acceptors (Lipinski definition) is 4. The summed E-state index contributed by atoms with van der Waals surface area (Å²) in [5.41, 5.74) is 0.458. The molecule has 0 atom stereocenters. The molecule has 0 spiro atoms. The maximum atomic E-state index is 12.4. The summed E-state index contributed by atoms with van der Waals surface area (Å²) < 4.78 is 5.17. The van der Waals surface area contributed by atoms with E-state index in [1.54, 1.807) is 21.9 Å². The number of phenolic OH excluding ortho intramolecular Hbond substituents is 1. The number of ether oxygens (including phenoxy) is 1. The Bertz CT molecular complexity index is 542. The van der Waals surface area contributed by atoms with Crippen LogP contribution in [0.2, 0.25) is 0 Å². The average molecular weight is 321 g/mol. The molecular formula is C16H23N3O4. The number of nitrogens with zero attached hydrogens (tertiary/aromatic N) is 2. The molecule has 0 bridgehead atoms. The van der Waals surface area contributed by atoms with Crippen LogP contribution in [0, 0.1) is 0 Å². The van der Waals surface area contributed by atoms with Gasteiger partial charge in [-0.25, -0.2) is 4.79 Å². The number of benzene rings is 1. The number of rotatable bonds is 5. The van der Waals surface area contributed by atoms with Gasteiger partial charge in [-0.1, -0.05) is 6.07 Å². The van der Waals surface area contributed by atoms with E-state index in [1.165, 1.54) is 12.1 Å². The van der Waals surface area contributed by atoms with Crippen molar-refractivity contribution in [2.24, 2.45) is 0 Å². The van der Waals surface area contributed by atoms with Gasteiger partial charge in [-0.2, -0.15) is 0 Å². The number of piperazine rings is 1. The minimum Gasteiger partial charge on any atom is -0.508 e. The minimum absolute atomic E-state index is 0.0724. The summed E-state index contributed by atoms with van der Waals surface area (Å²) >= 11 is 0. The van der Waals surface area contributed by atoms with Gasteiger partial charge in [0.05, 0.1) is 6.61 Å². The van der Waals surface area contributed by atoms with E-state index in [4.69, 9.17) is 4.74 Å². The van der Waals surface area contributed by atoms with Crippen molar-refractivity contribution in [1.29, 1.82) is 0 Å². The highest BCUT2D eigenvalue weighted by Gasteiger charge is 2.24. The Morgan fingerprint density at radius 1 is 1.22 bits per heavy atom. The van der Waals surface area contributed by atoms with E-state index in [9.17, 15) is 14.7 Å². The molecule has 3 amide bonds. The van der Waals surface area contributed by atoms with Crippen LogP contribution in [-0.4, -0.2) is 72.8 Å². The van der Waals surface area contributed by atoms with E-state index in [1.807, 2.05) is 6.92 Å². The predicted octanol–water partition coefficient (Wildman–Crippen LogP) is 0.896. The Hall–Kier alpha value is -2.28. The first-order valence-electron chi connectivity index (χ1n) is 7.80. The third-order valence-electron chi connectivity index (χ3n) is 3.67. The van der Waals surface area contributed by atoms with Crippen LogP contribution in [0.15, 0.2) is 24.3 Å². The van der Waals surface area contributed by atoms with Gasteiger partial charge < -0.3 is 25.0 Å². The van der Waals surface area contributed by atoms with E-state index < -0.39 is 0 Å². The number of carbonyl (C=O) groups is 2. The van der Waals surface area contributed by atoms with Gasteiger partial charge in [0.1, 0.15) is 5.75 Å². The van der Waals surface area contributed by atoms with E-state index in [-0.39, 0.29) is 17.7 Å². The maximum Gasteiger partial charge on any atom is 0.317 e. The molecule has 23 heavy (non-hydrogen) atoms. The van der Waals surface area contributed by atoms with Gasteiger partial charge in [0.2, 0.25) is 0 Å². The number of carbonyl (C=O) groups excluding carboxylic acids is 2. The number of hydrogen-bond donors (Lipinski definition) is 2. The molecule has 2 rings (SSSR count). The minimum atomic E-state index is -0.130. The fourth-order valence-electron chi connectivity index (χ4n) is 2.42. The first-order valence-corrected chi connectivity index (χ1v) is 7.80. The fraction of sp³-hybridized carbons (Fsp3) is 0.500. The van der Waals surface area contributed by atoms with Crippen LogP contribution in [0.3, 0.4) is 0 Å². The second-order valence-corrected chi connectivity index (χ2v) is 5.26. The molecule has 1 fully saturated rings. The highest BCUT2D eigenvalue weighted by molar-refractivity contribution is 5.94. The molecule has 7 nitrogen and oxygen atoms in total. The van der Waals surface area contributed by atoms with Crippen LogP contribution >= 0.6 is 0 Å². The number of phenols is 1. The first kappa shape index (κ1) is 17.1. The zero-order chi connectivity index (χ0) is 16.7. The quantitative estimate of drug-likeness (QED) is 0.789. The van der Waals surface area contributed by atoms with Crippen molar-refractivity contribution in [2.75, 3.05) is 45.9 Å². The lowest BCUT2D eigenvalue weighted by Crippen LogP contribution is -2.53. The fourth-order valence-corrected chi connectivity index (χ4v) is 2.42. The van der Waals surface area contributed by atoms with Crippen molar-refractivity contribution in [3.63, 3.8) is 0 Å². The molecule has 1 aromatic carbocycles. The molecule has 1 aliphatic heterocycles.